The lowest BCUT2D eigenvalue weighted by molar-refractivity contribution is -0.139. The van der Waals surface area contributed by atoms with Crippen molar-refractivity contribution in [3.8, 4) is 5.69 Å². The summed E-state index contributed by atoms with van der Waals surface area (Å²) in [4.78, 5) is 51.3. The molecule has 41 heavy (non-hydrogen) atoms. The molecule has 1 aliphatic rings. The fourth-order valence-corrected chi connectivity index (χ4v) is 5.19. The summed E-state index contributed by atoms with van der Waals surface area (Å²) in [5.41, 5.74) is 2.88. The van der Waals surface area contributed by atoms with Crippen molar-refractivity contribution >= 4 is 40.9 Å². The molecule has 1 aliphatic heterocycles. The van der Waals surface area contributed by atoms with Crippen LogP contribution in [0.5, 0.6) is 0 Å². The van der Waals surface area contributed by atoms with Crippen molar-refractivity contribution < 1.29 is 23.9 Å². The number of ketones is 1. The van der Waals surface area contributed by atoms with Gasteiger partial charge in [0.25, 0.3) is 0 Å². The highest BCUT2D eigenvalue weighted by Gasteiger charge is 2.26. The first kappa shape index (κ1) is 29.9. The number of aromatic nitrogens is 4. The Morgan fingerprint density at radius 3 is 2.73 bits per heavy atom. The Bertz CT molecular complexity index is 1410. The number of rotatable bonds is 7. The molecular formula is C29H33ClN6O5. The van der Waals surface area contributed by atoms with Crippen LogP contribution in [0.4, 0.5) is 5.69 Å². The number of hydrogen-bond donors (Lipinski definition) is 2. The highest BCUT2D eigenvalue weighted by Crippen LogP contribution is 2.27. The minimum absolute atomic E-state index is 0.00747. The number of hydrogen-bond acceptors (Lipinski definition) is 8. The lowest BCUT2D eigenvalue weighted by Gasteiger charge is -2.21. The van der Waals surface area contributed by atoms with Crippen molar-refractivity contribution in [3.05, 3.63) is 64.4 Å². The zero-order valence-corrected chi connectivity index (χ0v) is 23.8. The summed E-state index contributed by atoms with van der Waals surface area (Å²) < 4.78 is 6.28. The molecule has 2 aromatic carbocycles. The number of nitrogens with zero attached hydrogens (tertiary/aromatic N) is 4. The average Bonchev–Trinajstić information content (AvgIpc) is 3.46. The van der Waals surface area contributed by atoms with Gasteiger partial charge in [-0.3, -0.25) is 19.2 Å². The van der Waals surface area contributed by atoms with Gasteiger partial charge in [-0.1, -0.05) is 37.4 Å². The number of anilines is 1. The van der Waals surface area contributed by atoms with E-state index in [9.17, 15) is 19.2 Å². The van der Waals surface area contributed by atoms with Crippen LogP contribution in [-0.4, -0.2) is 57.4 Å². The first-order valence-corrected chi connectivity index (χ1v) is 13.9. The molecule has 216 valence electrons. The van der Waals surface area contributed by atoms with E-state index in [1.54, 1.807) is 24.3 Å². The second-order valence-electron chi connectivity index (χ2n) is 10.3. The number of ether oxygens (including phenoxy) is 1. The SMILES string of the molecule is COC(=O)Cc1ccc2c(c1)NC(=O)CC(C)CCCC(C(=O)NCCc1cc(Cl)ccc1-n1cnnn1)CC2=O. The van der Waals surface area contributed by atoms with Gasteiger partial charge in [-0.25, -0.2) is 4.68 Å². The number of carbonyl (C=O) groups is 4. The predicted octanol–water partition coefficient (Wildman–Crippen LogP) is 3.73. The molecule has 12 heteroatoms. The van der Waals surface area contributed by atoms with Crippen molar-refractivity contribution in [2.75, 3.05) is 19.0 Å². The summed E-state index contributed by atoms with van der Waals surface area (Å²) in [6.07, 6.45) is 4.24. The molecule has 0 spiro atoms. The van der Waals surface area contributed by atoms with Crippen molar-refractivity contribution in [1.82, 2.24) is 25.5 Å². The molecule has 2 N–H and O–H groups in total. The molecule has 0 saturated carbocycles. The molecule has 0 radical (unpaired) electrons. The third-order valence-electron chi connectivity index (χ3n) is 7.15. The Morgan fingerprint density at radius 1 is 1.15 bits per heavy atom. The number of tetrazole rings is 1. The minimum Gasteiger partial charge on any atom is -0.469 e. The monoisotopic (exact) mass is 580 g/mol. The second-order valence-corrected chi connectivity index (χ2v) is 10.8. The summed E-state index contributed by atoms with van der Waals surface area (Å²) >= 11 is 6.21. The molecule has 0 aliphatic carbocycles. The van der Waals surface area contributed by atoms with Gasteiger partial charge in [0.2, 0.25) is 11.8 Å². The van der Waals surface area contributed by atoms with E-state index >= 15 is 0 Å². The molecule has 2 heterocycles. The van der Waals surface area contributed by atoms with Crippen LogP contribution in [-0.2, 0) is 32.0 Å². The fourth-order valence-electron chi connectivity index (χ4n) is 4.99. The van der Waals surface area contributed by atoms with Crippen molar-refractivity contribution in [3.63, 3.8) is 0 Å². The summed E-state index contributed by atoms with van der Waals surface area (Å²) in [5.74, 6) is -1.52. The lowest BCUT2D eigenvalue weighted by Crippen LogP contribution is -2.34. The molecule has 0 fully saturated rings. The average molecular weight is 581 g/mol. The van der Waals surface area contributed by atoms with Crippen molar-refractivity contribution in [1.29, 1.82) is 0 Å². The number of benzene rings is 2. The molecule has 2 amide bonds. The molecule has 11 nitrogen and oxygen atoms in total. The fraction of sp³-hybridized carbons (Fsp3) is 0.414. The number of fused-ring (bicyclic) bond motifs is 1. The number of carbonyl (C=O) groups excluding carboxylic acids is 4. The number of halogens is 1. The lowest BCUT2D eigenvalue weighted by atomic mass is 9.89. The standard InChI is InChI=1S/C29H33ClN6O5/c1-18-4-3-5-21(29(40)31-11-10-20-15-22(30)7-9-25(20)36-17-32-34-35-36)16-26(37)23-8-6-19(14-28(39)41-2)13-24(23)33-27(38)12-18/h6-9,13,15,17-18,21H,3-5,10-12,14,16H2,1-2H3,(H,31,40)(H,33,38). The molecule has 0 bridgehead atoms. The third kappa shape index (κ3) is 8.20. The Balaban J connectivity index is 1.49. The van der Waals surface area contributed by atoms with E-state index in [4.69, 9.17) is 16.3 Å². The molecule has 4 rings (SSSR count). The van der Waals surface area contributed by atoms with Crippen LogP contribution >= 0.6 is 11.6 Å². The van der Waals surface area contributed by atoms with Gasteiger partial charge in [0, 0.05) is 35.9 Å². The molecule has 2 unspecified atom stereocenters. The summed E-state index contributed by atoms with van der Waals surface area (Å²) in [7, 11) is 1.30. The van der Waals surface area contributed by atoms with Crippen LogP contribution in [0, 0.1) is 11.8 Å². The van der Waals surface area contributed by atoms with Crippen LogP contribution < -0.4 is 10.6 Å². The van der Waals surface area contributed by atoms with Gasteiger partial charge in [-0.15, -0.1) is 5.10 Å². The van der Waals surface area contributed by atoms with Crippen LogP contribution in [0.1, 0.15) is 60.5 Å². The second kappa shape index (κ2) is 14.0. The topological polar surface area (TPSA) is 145 Å². The predicted molar refractivity (Wildman–Crippen MR) is 152 cm³/mol. The number of Topliss-reactive ketones (excluding diaryl/α,β-unsaturated/α-hetero) is 1. The quantitative estimate of drug-likeness (QED) is 0.402. The largest absolute Gasteiger partial charge is 0.469 e. The van der Waals surface area contributed by atoms with Crippen LogP contribution in [0.25, 0.3) is 5.69 Å². The highest BCUT2D eigenvalue weighted by molar-refractivity contribution is 6.30. The molecular weight excluding hydrogens is 548 g/mol. The molecule has 0 saturated heterocycles. The van der Waals surface area contributed by atoms with E-state index in [1.165, 1.54) is 18.1 Å². The van der Waals surface area contributed by atoms with E-state index < -0.39 is 11.9 Å². The Labute approximate surface area is 243 Å². The molecule has 1 aromatic heterocycles. The van der Waals surface area contributed by atoms with E-state index in [0.29, 0.717) is 47.6 Å². The number of nitrogens with one attached hydrogen (secondary N) is 2. The number of esters is 1. The zero-order valence-electron chi connectivity index (χ0n) is 23.1. The van der Waals surface area contributed by atoms with Gasteiger partial charge in [-0.2, -0.15) is 0 Å². The summed E-state index contributed by atoms with van der Waals surface area (Å²) in [5, 5.41) is 17.7. The van der Waals surface area contributed by atoms with Crippen LogP contribution in [0.3, 0.4) is 0 Å². The Morgan fingerprint density at radius 2 is 1.98 bits per heavy atom. The van der Waals surface area contributed by atoms with Gasteiger partial charge >= 0.3 is 5.97 Å². The van der Waals surface area contributed by atoms with Gasteiger partial charge in [0.1, 0.15) is 6.33 Å². The maximum absolute atomic E-state index is 13.4. The van der Waals surface area contributed by atoms with Crippen LogP contribution in [0.15, 0.2) is 42.7 Å². The smallest absolute Gasteiger partial charge is 0.309 e. The van der Waals surface area contributed by atoms with Gasteiger partial charge in [0.05, 0.1) is 24.9 Å². The highest BCUT2D eigenvalue weighted by atomic mass is 35.5. The van der Waals surface area contributed by atoms with Gasteiger partial charge < -0.3 is 15.4 Å². The maximum atomic E-state index is 13.4. The minimum atomic E-state index is -0.536. The Hall–Kier alpha value is -4.12. The first-order valence-electron chi connectivity index (χ1n) is 13.6. The van der Waals surface area contributed by atoms with Gasteiger partial charge in [-0.05, 0) is 70.6 Å². The van der Waals surface area contributed by atoms with E-state index in [2.05, 4.69) is 26.2 Å². The van der Waals surface area contributed by atoms with E-state index in [1.807, 2.05) is 19.1 Å². The first-order chi connectivity index (χ1) is 19.7. The van der Waals surface area contributed by atoms with E-state index in [-0.39, 0.29) is 42.8 Å². The number of methoxy groups -OCH3 is 1. The van der Waals surface area contributed by atoms with Crippen molar-refractivity contribution in [2.24, 2.45) is 11.8 Å². The summed E-state index contributed by atoms with van der Waals surface area (Å²) in [6, 6.07) is 10.3. The molecule has 3 aromatic rings. The maximum Gasteiger partial charge on any atom is 0.309 e. The van der Waals surface area contributed by atoms with E-state index in [0.717, 1.165) is 17.7 Å². The van der Waals surface area contributed by atoms with Crippen molar-refractivity contribution in [2.45, 2.75) is 51.9 Å². The summed E-state index contributed by atoms with van der Waals surface area (Å²) in [6.45, 7) is 2.33. The Kier molecular flexibility index (Phi) is 10.2. The normalized spacial score (nSPS) is 17.9. The molecule has 2 atom stereocenters. The zero-order chi connectivity index (χ0) is 29.4. The third-order valence-corrected chi connectivity index (χ3v) is 7.39. The van der Waals surface area contributed by atoms with Crippen LogP contribution in [0.2, 0.25) is 5.02 Å². The van der Waals surface area contributed by atoms with Gasteiger partial charge in [0.15, 0.2) is 5.78 Å². The number of amides is 2.